The fourth-order valence-corrected chi connectivity index (χ4v) is 4.54. The minimum atomic E-state index is -0.388. The molecule has 2 aliphatic rings. The molecule has 1 N–H and O–H groups in total. The van der Waals surface area contributed by atoms with Crippen molar-refractivity contribution in [1.29, 1.82) is 0 Å². The number of Topliss-reactive ketones (excluding diaryl/α,β-unsaturated/α-hetero) is 1. The van der Waals surface area contributed by atoms with E-state index in [0.717, 1.165) is 19.6 Å². The summed E-state index contributed by atoms with van der Waals surface area (Å²) in [7, 11) is 0. The predicted molar refractivity (Wildman–Crippen MR) is 113 cm³/mol. The lowest BCUT2D eigenvalue weighted by Gasteiger charge is -2.37. The Morgan fingerprint density at radius 1 is 1.10 bits per heavy atom. The summed E-state index contributed by atoms with van der Waals surface area (Å²) in [6.07, 6.45) is 1.28. The summed E-state index contributed by atoms with van der Waals surface area (Å²) in [6.45, 7) is 12.0. The van der Waals surface area contributed by atoms with Gasteiger partial charge in [-0.05, 0) is 43.4 Å². The first-order valence-electron chi connectivity index (χ1n) is 10.6. The van der Waals surface area contributed by atoms with E-state index in [4.69, 9.17) is 0 Å². The van der Waals surface area contributed by atoms with Crippen molar-refractivity contribution in [2.75, 3.05) is 57.3 Å². The molecule has 2 aliphatic heterocycles. The number of rotatable bonds is 5. The molecule has 0 spiro atoms. The van der Waals surface area contributed by atoms with Crippen molar-refractivity contribution in [1.82, 2.24) is 15.1 Å². The van der Waals surface area contributed by atoms with E-state index in [1.807, 2.05) is 4.90 Å². The molecule has 2 atom stereocenters. The van der Waals surface area contributed by atoms with Crippen LogP contribution >= 0.6 is 0 Å². The zero-order chi connectivity index (χ0) is 21.0. The van der Waals surface area contributed by atoms with E-state index < -0.39 is 0 Å². The average Bonchev–Trinajstić information content (AvgIpc) is 2.67. The summed E-state index contributed by atoms with van der Waals surface area (Å²) in [5.41, 5.74) is 0.866. The number of hydrogen-bond acceptors (Lipinski definition) is 4. The number of amides is 2. The topological polar surface area (TPSA) is 55.9 Å². The molecule has 160 valence electrons. The molecule has 2 unspecified atom stereocenters. The van der Waals surface area contributed by atoms with Crippen molar-refractivity contribution >= 4 is 17.5 Å². The first kappa shape index (κ1) is 21.6. The molecule has 2 fully saturated rings. The summed E-state index contributed by atoms with van der Waals surface area (Å²) in [5, 5.41) is 3.03. The summed E-state index contributed by atoms with van der Waals surface area (Å²) in [5.74, 6) is 0.894. The Hall–Kier alpha value is -2.15. The highest BCUT2D eigenvalue weighted by Gasteiger charge is 2.24. The number of benzene rings is 1. The Labute approximate surface area is 173 Å². The number of nitrogens with zero attached hydrogens (tertiary/aromatic N) is 3. The second-order valence-electron chi connectivity index (χ2n) is 8.63. The number of ketones is 1. The summed E-state index contributed by atoms with van der Waals surface area (Å²) < 4.78 is 14.4. The highest BCUT2D eigenvalue weighted by Crippen LogP contribution is 2.22. The zero-order valence-electron chi connectivity index (χ0n) is 17.8. The van der Waals surface area contributed by atoms with E-state index in [1.165, 1.54) is 19.4 Å². The molecule has 6 nitrogen and oxygen atoms in total. The quantitative estimate of drug-likeness (QED) is 0.767. The van der Waals surface area contributed by atoms with Gasteiger partial charge in [0.2, 0.25) is 0 Å². The number of carbonyl (C=O) groups excluding carboxylic acids is 2. The lowest BCUT2D eigenvalue weighted by molar-refractivity contribution is 0.101. The van der Waals surface area contributed by atoms with Crippen LogP contribution in [0.25, 0.3) is 0 Å². The second kappa shape index (κ2) is 9.57. The number of likely N-dealkylation sites (tertiary alicyclic amines) is 1. The van der Waals surface area contributed by atoms with Crippen LogP contribution in [-0.4, -0.2) is 74.0 Å². The molecule has 0 aromatic heterocycles. The lowest BCUT2D eigenvalue weighted by atomic mass is 9.92. The highest BCUT2D eigenvalue weighted by molar-refractivity contribution is 5.94. The zero-order valence-corrected chi connectivity index (χ0v) is 17.8. The third-order valence-electron chi connectivity index (χ3n) is 5.91. The number of piperidine rings is 1. The first-order chi connectivity index (χ1) is 13.8. The van der Waals surface area contributed by atoms with Crippen LogP contribution in [0, 0.1) is 17.7 Å². The Bertz CT molecular complexity index is 724. The van der Waals surface area contributed by atoms with Crippen molar-refractivity contribution < 1.29 is 14.0 Å². The van der Waals surface area contributed by atoms with E-state index in [-0.39, 0.29) is 17.6 Å². The van der Waals surface area contributed by atoms with Crippen molar-refractivity contribution in [3.63, 3.8) is 0 Å². The molecular weight excluding hydrogens is 371 g/mol. The number of urea groups is 1. The second-order valence-corrected chi connectivity index (χ2v) is 8.63. The maximum atomic E-state index is 14.4. The number of anilines is 1. The minimum absolute atomic E-state index is 0.0462. The highest BCUT2D eigenvalue weighted by atomic mass is 19.1. The fourth-order valence-electron chi connectivity index (χ4n) is 4.54. The molecule has 0 saturated carbocycles. The van der Waals surface area contributed by atoms with Crippen molar-refractivity contribution in [3.05, 3.63) is 29.6 Å². The van der Waals surface area contributed by atoms with Crippen LogP contribution in [0.3, 0.4) is 0 Å². The van der Waals surface area contributed by atoms with Gasteiger partial charge in [0.1, 0.15) is 5.82 Å². The molecule has 2 saturated heterocycles. The lowest BCUT2D eigenvalue weighted by Crippen LogP contribution is -2.53. The first-order valence-corrected chi connectivity index (χ1v) is 10.6. The SMILES string of the molecule is CC(=O)c1ccc(N2CCN(C(=O)NCCN3CC(C)CC(C)C3)CC2)c(F)c1. The third-order valence-corrected chi connectivity index (χ3v) is 5.91. The van der Waals surface area contributed by atoms with Crippen LogP contribution in [0.5, 0.6) is 0 Å². The molecule has 0 aliphatic carbocycles. The van der Waals surface area contributed by atoms with Gasteiger partial charge in [-0.15, -0.1) is 0 Å². The average molecular weight is 405 g/mol. The van der Waals surface area contributed by atoms with Gasteiger partial charge in [0.25, 0.3) is 0 Å². The summed E-state index contributed by atoms with van der Waals surface area (Å²) in [4.78, 5) is 30.0. The van der Waals surface area contributed by atoms with Crippen LogP contribution in [-0.2, 0) is 0 Å². The Balaban J connectivity index is 1.43. The van der Waals surface area contributed by atoms with E-state index in [2.05, 4.69) is 24.1 Å². The summed E-state index contributed by atoms with van der Waals surface area (Å²) >= 11 is 0. The smallest absolute Gasteiger partial charge is 0.317 e. The van der Waals surface area contributed by atoms with Gasteiger partial charge in [-0.1, -0.05) is 13.8 Å². The minimum Gasteiger partial charge on any atom is -0.366 e. The van der Waals surface area contributed by atoms with Gasteiger partial charge in [0.05, 0.1) is 5.69 Å². The van der Waals surface area contributed by atoms with Crippen LogP contribution < -0.4 is 10.2 Å². The number of hydrogen-bond donors (Lipinski definition) is 1. The largest absolute Gasteiger partial charge is 0.366 e. The van der Waals surface area contributed by atoms with Crippen molar-refractivity contribution in [2.45, 2.75) is 27.2 Å². The molecule has 3 rings (SSSR count). The van der Waals surface area contributed by atoms with Gasteiger partial charge in [0.15, 0.2) is 5.78 Å². The van der Waals surface area contributed by atoms with Crippen LogP contribution in [0.15, 0.2) is 18.2 Å². The maximum absolute atomic E-state index is 14.4. The molecule has 1 aromatic carbocycles. The van der Waals surface area contributed by atoms with Crippen molar-refractivity contribution in [3.8, 4) is 0 Å². The fraction of sp³-hybridized carbons (Fsp3) is 0.636. The van der Waals surface area contributed by atoms with Gasteiger partial charge in [-0.3, -0.25) is 4.79 Å². The van der Waals surface area contributed by atoms with Crippen molar-refractivity contribution in [2.24, 2.45) is 11.8 Å². The van der Waals surface area contributed by atoms with E-state index in [0.29, 0.717) is 55.8 Å². The van der Waals surface area contributed by atoms with Crippen LogP contribution in [0.1, 0.15) is 37.6 Å². The Morgan fingerprint density at radius 3 is 2.34 bits per heavy atom. The molecule has 1 aromatic rings. The Kier molecular flexibility index (Phi) is 7.11. The molecule has 2 heterocycles. The molecule has 2 amide bonds. The molecule has 7 heteroatoms. The van der Waals surface area contributed by atoms with Gasteiger partial charge >= 0.3 is 6.03 Å². The normalized spacial score (nSPS) is 23.2. The number of halogens is 1. The van der Waals surface area contributed by atoms with E-state index >= 15 is 0 Å². The molecule has 0 bridgehead atoms. The van der Waals surface area contributed by atoms with Crippen LogP contribution in [0.2, 0.25) is 0 Å². The van der Waals surface area contributed by atoms with Gasteiger partial charge in [0, 0.05) is 57.9 Å². The van der Waals surface area contributed by atoms with Crippen LogP contribution in [0.4, 0.5) is 14.9 Å². The van der Waals surface area contributed by atoms with Gasteiger partial charge in [-0.2, -0.15) is 0 Å². The van der Waals surface area contributed by atoms with Gasteiger partial charge in [-0.25, -0.2) is 9.18 Å². The molecule has 0 radical (unpaired) electrons. The van der Waals surface area contributed by atoms with Gasteiger partial charge < -0.3 is 20.0 Å². The van der Waals surface area contributed by atoms with E-state index in [9.17, 15) is 14.0 Å². The van der Waals surface area contributed by atoms with E-state index in [1.54, 1.807) is 17.0 Å². The Morgan fingerprint density at radius 2 is 1.76 bits per heavy atom. The number of nitrogens with one attached hydrogen (secondary N) is 1. The monoisotopic (exact) mass is 404 g/mol. The summed E-state index contributed by atoms with van der Waals surface area (Å²) in [6, 6.07) is 4.55. The number of carbonyl (C=O) groups is 2. The molecule has 29 heavy (non-hydrogen) atoms. The molecular formula is C22H33FN4O2. The third kappa shape index (κ3) is 5.69. The number of piperazine rings is 1. The maximum Gasteiger partial charge on any atom is 0.317 e. The predicted octanol–water partition coefficient (Wildman–Crippen LogP) is 2.84. The standard InChI is InChI=1S/C22H33FN4O2/c1-16-12-17(2)15-25(14-16)7-6-24-22(29)27-10-8-26(9-11-27)21-5-4-19(18(3)28)13-20(21)23/h4-5,13,16-17H,6-12,14-15H2,1-3H3,(H,24,29).